The fourth-order valence-corrected chi connectivity index (χ4v) is 5.00. The summed E-state index contributed by atoms with van der Waals surface area (Å²) in [5, 5.41) is 20.1. The van der Waals surface area contributed by atoms with Crippen LogP contribution in [0.25, 0.3) is 0 Å². The summed E-state index contributed by atoms with van der Waals surface area (Å²) < 4.78 is 17.7. The molecular weight excluding hydrogens is 616 g/mol. The SMILES string of the molecule is CC(C)=CCCC(C)=CCCC(C)=CCOc1c(OCCCCc2ccc(Oc3cccc(Cl)c3)cc2)ccc(C(=O)O)c1C(=O)O. The third-order valence-corrected chi connectivity index (χ3v) is 7.66. The number of carbonyl (C=O) groups is 2. The molecule has 3 rings (SSSR count). The van der Waals surface area contributed by atoms with Crippen molar-refractivity contribution < 1.29 is 34.0 Å². The molecule has 0 radical (unpaired) electrons. The molecule has 8 heteroatoms. The number of allylic oxidation sites excluding steroid dienone is 5. The van der Waals surface area contributed by atoms with Crippen molar-refractivity contribution in [3.63, 3.8) is 0 Å². The highest BCUT2D eigenvalue weighted by Gasteiger charge is 2.25. The van der Waals surface area contributed by atoms with E-state index in [-0.39, 0.29) is 23.7 Å². The Kier molecular flexibility index (Phi) is 15.1. The van der Waals surface area contributed by atoms with Gasteiger partial charge in [0, 0.05) is 5.02 Å². The van der Waals surface area contributed by atoms with Crippen molar-refractivity contribution in [1.82, 2.24) is 0 Å². The summed E-state index contributed by atoms with van der Waals surface area (Å²) in [5.41, 5.74) is 4.14. The van der Waals surface area contributed by atoms with Crippen LogP contribution < -0.4 is 14.2 Å². The summed E-state index contributed by atoms with van der Waals surface area (Å²) in [6.45, 7) is 8.75. The number of benzene rings is 3. The lowest BCUT2D eigenvalue weighted by Gasteiger charge is -2.16. The first-order chi connectivity index (χ1) is 22.5. The van der Waals surface area contributed by atoms with Gasteiger partial charge in [-0.2, -0.15) is 0 Å². The number of carboxylic acid groups (broad SMARTS) is 2. The van der Waals surface area contributed by atoms with Gasteiger partial charge in [-0.3, -0.25) is 0 Å². The predicted molar refractivity (Wildman–Crippen MR) is 188 cm³/mol. The van der Waals surface area contributed by atoms with Crippen LogP contribution in [0.5, 0.6) is 23.0 Å². The monoisotopic (exact) mass is 660 g/mol. The molecule has 0 atom stereocenters. The number of halogens is 1. The molecule has 250 valence electrons. The second-order valence-corrected chi connectivity index (χ2v) is 12.1. The van der Waals surface area contributed by atoms with Crippen LogP contribution in [0.2, 0.25) is 5.02 Å². The van der Waals surface area contributed by atoms with Crippen molar-refractivity contribution in [2.75, 3.05) is 13.2 Å². The van der Waals surface area contributed by atoms with Crippen molar-refractivity contribution in [1.29, 1.82) is 0 Å². The molecule has 3 aromatic carbocycles. The van der Waals surface area contributed by atoms with Crippen LogP contribution >= 0.6 is 11.6 Å². The topological polar surface area (TPSA) is 102 Å². The highest BCUT2D eigenvalue weighted by Crippen LogP contribution is 2.35. The number of ether oxygens (including phenoxy) is 3. The molecule has 0 aromatic heterocycles. The molecule has 0 fully saturated rings. The maximum atomic E-state index is 12.1. The third-order valence-electron chi connectivity index (χ3n) is 7.42. The van der Waals surface area contributed by atoms with Gasteiger partial charge < -0.3 is 24.4 Å². The van der Waals surface area contributed by atoms with Gasteiger partial charge >= 0.3 is 11.9 Å². The summed E-state index contributed by atoms with van der Waals surface area (Å²) in [5.74, 6) is -1.22. The van der Waals surface area contributed by atoms with Crippen LogP contribution in [0.15, 0.2) is 95.6 Å². The smallest absolute Gasteiger partial charge is 0.340 e. The average molecular weight is 661 g/mol. The second-order valence-electron chi connectivity index (χ2n) is 11.7. The normalized spacial score (nSPS) is 11.6. The van der Waals surface area contributed by atoms with E-state index in [2.05, 4.69) is 32.9 Å². The maximum Gasteiger partial charge on any atom is 0.340 e. The van der Waals surface area contributed by atoms with Gasteiger partial charge in [0.05, 0.1) is 12.2 Å². The number of aryl methyl sites for hydroxylation is 1. The highest BCUT2D eigenvalue weighted by molar-refractivity contribution is 6.30. The Hall–Kier alpha value is -4.49. The van der Waals surface area contributed by atoms with Crippen LogP contribution in [0.4, 0.5) is 0 Å². The zero-order valence-electron chi connectivity index (χ0n) is 27.7. The molecule has 0 amide bonds. The van der Waals surface area contributed by atoms with E-state index in [9.17, 15) is 19.8 Å². The molecule has 0 saturated heterocycles. The third kappa shape index (κ3) is 13.0. The van der Waals surface area contributed by atoms with Crippen LogP contribution in [0, 0.1) is 0 Å². The number of hydrogen-bond acceptors (Lipinski definition) is 5. The van der Waals surface area contributed by atoms with Crippen LogP contribution in [0.1, 0.15) is 92.5 Å². The largest absolute Gasteiger partial charge is 0.490 e. The average Bonchev–Trinajstić information content (AvgIpc) is 3.01. The number of aromatic carboxylic acids is 2. The van der Waals surface area contributed by atoms with E-state index >= 15 is 0 Å². The predicted octanol–water partition coefficient (Wildman–Crippen LogP) is 10.7. The van der Waals surface area contributed by atoms with Gasteiger partial charge in [-0.1, -0.05) is 58.7 Å². The van der Waals surface area contributed by atoms with Gasteiger partial charge in [-0.25, -0.2) is 9.59 Å². The second kappa shape index (κ2) is 19.2. The molecule has 0 aliphatic rings. The highest BCUT2D eigenvalue weighted by atomic mass is 35.5. The van der Waals surface area contributed by atoms with E-state index in [1.54, 1.807) is 12.1 Å². The molecule has 3 aromatic rings. The molecule has 47 heavy (non-hydrogen) atoms. The van der Waals surface area contributed by atoms with Gasteiger partial charge in [0.1, 0.15) is 23.7 Å². The molecule has 0 aliphatic heterocycles. The van der Waals surface area contributed by atoms with E-state index in [0.717, 1.165) is 49.7 Å². The summed E-state index contributed by atoms with van der Waals surface area (Å²) >= 11 is 6.03. The minimum Gasteiger partial charge on any atom is -0.490 e. The van der Waals surface area contributed by atoms with Crippen molar-refractivity contribution in [2.45, 2.75) is 72.6 Å². The lowest BCUT2D eigenvalue weighted by molar-refractivity contribution is 0.0647. The first-order valence-corrected chi connectivity index (χ1v) is 16.3. The van der Waals surface area contributed by atoms with Crippen molar-refractivity contribution in [3.05, 3.63) is 117 Å². The van der Waals surface area contributed by atoms with Gasteiger partial charge in [0.15, 0.2) is 11.5 Å². The Morgan fingerprint density at radius 3 is 2.13 bits per heavy atom. The summed E-state index contributed by atoms with van der Waals surface area (Å²) in [4.78, 5) is 24.0. The Bertz CT molecular complexity index is 1580. The number of carboxylic acids is 2. The van der Waals surface area contributed by atoms with E-state index in [0.29, 0.717) is 29.5 Å². The van der Waals surface area contributed by atoms with Gasteiger partial charge in [0.2, 0.25) is 0 Å². The van der Waals surface area contributed by atoms with E-state index in [1.807, 2.05) is 49.4 Å². The van der Waals surface area contributed by atoms with Crippen molar-refractivity contribution in [3.8, 4) is 23.0 Å². The summed E-state index contributed by atoms with van der Waals surface area (Å²) in [6.07, 6.45) is 12.5. The minimum atomic E-state index is -1.39. The lowest BCUT2D eigenvalue weighted by Crippen LogP contribution is -2.13. The standard InChI is InChI=1S/C39H45ClO7/c1-27(2)10-7-11-28(3)12-8-13-29(4)23-25-46-37-35(22-21-34(38(41)42)36(37)39(43)44)45-24-6-5-14-30-17-19-32(20-18-30)47-33-16-9-15-31(40)26-33/h9-10,12,15-23,26H,5-8,11,13-14,24-25H2,1-4H3,(H,41,42)(H,43,44). The molecule has 0 heterocycles. The first-order valence-electron chi connectivity index (χ1n) is 15.9. The van der Waals surface area contributed by atoms with E-state index in [4.69, 9.17) is 25.8 Å². The number of rotatable bonds is 19. The van der Waals surface area contributed by atoms with Gasteiger partial charge in [-0.15, -0.1) is 0 Å². The molecule has 0 bridgehead atoms. The van der Waals surface area contributed by atoms with Crippen LogP contribution in [0.3, 0.4) is 0 Å². The molecular formula is C39H45ClO7. The fourth-order valence-electron chi connectivity index (χ4n) is 4.82. The Morgan fingerprint density at radius 2 is 1.47 bits per heavy atom. The van der Waals surface area contributed by atoms with Gasteiger partial charge in [-0.05, 0) is 127 Å². The number of hydrogen-bond donors (Lipinski definition) is 2. The van der Waals surface area contributed by atoms with Crippen molar-refractivity contribution >= 4 is 23.5 Å². The fraction of sp³-hybridized carbons (Fsp3) is 0.333. The van der Waals surface area contributed by atoms with Gasteiger partial charge in [0.25, 0.3) is 0 Å². The summed E-state index contributed by atoms with van der Waals surface area (Å²) in [7, 11) is 0. The van der Waals surface area contributed by atoms with Crippen molar-refractivity contribution in [2.24, 2.45) is 0 Å². The Balaban J connectivity index is 1.56. The number of unbranched alkanes of at least 4 members (excludes halogenated alkanes) is 1. The van der Waals surface area contributed by atoms with Crippen LogP contribution in [-0.4, -0.2) is 35.4 Å². The Morgan fingerprint density at radius 1 is 0.766 bits per heavy atom. The molecule has 0 unspecified atom stereocenters. The summed E-state index contributed by atoms with van der Waals surface area (Å²) in [6, 6.07) is 17.8. The first kappa shape index (κ1) is 37.0. The molecule has 0 spiro atoms. The Labute approximate surface area is 283 Å². The quantitative estimate of drug-likeness (QED) is 0.0974. The molecule has 0 aliphatic carbocycles. The molecule has 0 saturated carbocycles. The van der Waals surface area contributed by atoms with Crippen LogP contribution in [-0.2, 0) is 6.42 Å². The van der Waals surface area contributed by atoms with E-state index in [1.165, 1.54) is 23.3 Å². The zero-order chi connectivity index (χ0) is 34.2. The lowest BCUT2D eigenvalue weighted by atomic mass is 10.1. The maximum absolute atomic E-state index is 12.1. The molecule has 2 N–H and O–H groups in total. The van der Waals surface area contributed by atoms with E-state index < -0.39 is 17.5 Å². The molecule has 7 nitrogen and oxygen atoms in total. The zero-order valence-corrected chi connectivity index (χ0v) is 28.4. The minimum absolute atomic E-state index is 0.0771.